The molecule has 0 bridgehead atoms. The molecule has 0 aliphatic carbocycles. The topological polar surface area (TPSA) is 63.7 Å². The fourth-order valence-electron chi connectivity index (χ4n) is 2.94. The van der Waals surface area contributed by atoms with Gasteiger partial charge in [0.1, 0.15) is 0 Å². The fourth-order valence-corrected chi connectivity index (χ4v) is 3.06. The SMILES string of the molecule is CC(C)CC(C(=O)ON1C(=O)c2ccccc2C1=O)c1ccc(Cl)cc1. The first-order valence-electron chi connectivity index (χ1n) is 8.33. The molecule has 2 amide bonds. The van der Waals surface area contributed by atoms with Gasteiger partial charge in [-0.1, -0.05) is 54.8 Å². The Bertz CT molecular complexity index is 825. The molecule has 0 radical (unpaired) electrons. The highest BCUT2D eigenvalue weighted by atomic mass is 35.5. The van der Waals surface area contributed by atoms with Crippen LogP contribution in [0.15, 0.2) is 48.5 Å². The lowest BCUT2D eigenvalue weighted by molar-refractivity contribution is -0.171. The Labute approximate surface area is 156 Å². The number of amides is 2. The molecule has 0 saturated carbocycles. The molecule has 0 fully saturated rings. The van der Waals surface area contributed by atoms with Gasteiger partial charge in [-0.2, -0.15) is 0 Å². The van der Waals surface area contributed by atoms with Crippen molar-refractivity contribution in [1.29, 1.82) is 0 Å². The van der Waals surface area contributed by atoms with Gasteiger partial charge in [-0.25, -0.2) is 4.79 Å². The maximum atomic E-state index is 12.8. The lowest BCUT2D eigenvalue weighted by Crippen LogP contribution is -2.35. The van der Waals surface area contributed by atoms with E-state index in [1.54, 1.807) is 36.4 Å². The van der Waals surface area contributed by atoms with Crippen LogP contribution in [0.3, 0.4) is 0 Å². The van der Waals surface area contributed by atoms with Crippen LogP contribution in [-0.2, 0) is 9.63 Å². The van der Waals surface area contributed by atoms with Crippen molar-refractivity contribution in [2.45, 2.75) is 26.2 Å². The molecule has 134 valence electrons. The average Bonchev–Trinajstić information content (AvgIpc) is 2.86. The molecule has 2 aromatic rings. The van der Waals surface area contributed by atoms with Crippen molar-refractivity contribution in [1.82, 2.24) is 5.06 Å². The normalized spacial score (nSPS) is 14.5. The molecule has 1 atom stereocenters. The van der Waals surface area contributed by atoms with Crippen LogP contribution in [0.5, 0.6) is 0 Å². The summed E-state index contributed by atoms with van der Waals surface area (Å²) in [5.74, 6) is -2.28. The molecule has 1 aliphatic heterocycles. The minimum absolute atomic E-state index is 0.213. The number of fused-ring (bicyclic) bond motifs is 1. The summed E-state index contributed by atoms with van der Waals surface area (Å²) in [5.41, 5.74) is 1.19. The summed E-state index contributed by atoms with van der Waals surface area (Å²) in [6, 6.07) is 13.3. The zero-order chi connectivity index (χ0) is 18.8. The van der Waals surface area contributed by atoms with E-state index in [1.807, 2.05) is 13.8 Å². The van der Waals surface area contributed by atoms with E-state index in [0.717, 1.165) is 5.56 Å². The number of hydroxylamine groups is 2. The van der Waals surface area contributed by atoms with Crippen molar-refractivity contribution in [3.63, 3.8) is 0 Å². The Hall–Kier alpha value is -2.66. The number of nitrogens with zero attached hydrogens (tertiary/aromatic N) is 1. The molecule has 0 spiro atoms. The lowest BCUT2D eigenvalue weighted by Gasteiger charge is -2.20. The maximum Gasteiger partial charge on any atom is 0.340 e. The van der Waals surface area contributed by atoms with Crippen LogP contribution >= 0.6 is 11.6 Å². The Morgan fingerprint density at radius 1 is 1.00 bits per heavy atom. The quantitative estimate of drug-likeness (QED) is 0.738. The summed E-state index contributed by atoms with van der Waals surface area (Å²) in [4.78, 5) is 42.7. The third kappa shape index (κ3) is 3.48. The molecule has 0 aromatic heterocycles. The summed E-state index contributed by atoms with van der Waals surface area (Å²) < 4.78 is 0. The van der Waals surface area contributed by atoms with Gasteiger partial charge in [-0.05, 0) is 42.2 Å². The molecule has 1 unspecified atom stereocenters. The smallest absolute Gasteiger partial charge is 0.329 e. The molecular formula is C20H18ClNO4. The summed E-state index contributed by atoms with van der Waals surface area (Å²) in [6.45, 7) is 3.97. The highest BCUT2D eigenvalue weighted by Gasteiger charge is 2.40. The first kappa shape index (κ1) is 18.1. The Kier molecular flexibility index (Phi) is 5.09. The molecule has 3 rings (SSSR count). The van der Waals surface area contributed by atoms with E-state index in [1.165, 1.54) is 12.1 Å². The minimum atomic E-state index is -0.643. The van der Waals surface area contributed by atoms with Crippen molar-refractivity contribution in [3.05, 3.63) is 70.2 Å². The van der Waals surface area contributed by atoms with Gasteiger partial charge in [-0.15, -0.1) is 0 Å². The number of carbonyl (C=O) groups excluding carboxylic acids is 3. The molecule has 1 aliphatic rings. The van der Waals surface area contributed by atoms with Crippen LogP contribution in [0.1, 0.15) is 52.5 Å². The number of benzene rings is 2. The molecule has 2 aromatic carbocycles. The highest BCUT2D eigenvalue weighted by molar-refractivity contribution is 6.30. The van der Waals surface area contributed by atoms with Crippen molar-refractivity contribution in [2.24, 2.45) is 5.92 Å². The summed E-state index contributed by atoms with van der Waals surface area (Å²) in [5, 5.41) is 1.11. The van der Waals surface area contributed by atoms with Gasteiger partial charge < -0.3 is 4.84 Å². The van der Waals surface area contributed by atoms with Crippen LogP contribution < -0.4 is 0 Å². The van der Waals surface area contributed by atoms with Gasteiger partial charge in [0.2, 0.25) is 0 Å². The largest absolute Gasteiger partial charge is 0.340 e. The Balaban J connectivity index is 1.83. The zero-order valence-electron chi connectivity index (χ0n) is 14.4. The average molecular weight is 372 g/mol. The van der Waals surface area contributed by atoms with E-state index in [9.17, 15) is 14.4 Å². The van der Waals surface area contributed by atoms with Crippen molar-refractivity contribution >= 4 is 29.4 Å². The molecule has 0 N–H and O–H groups in total. The molecule has 5 nitrogen and oxygen atoms in total. The van der Waals surface area contributed by atoms with Gasteiger partial charge in [0.05, 0.1) is 17.0 Å². The van der Waals surface area contributed by atoms with E-state index in [4.69, 9.17) is 16.4 Å². The predicted octanol–water partition coefficient (Wildman–Crippen LogP) is 4.22. The minimum Gasteiger partial charge on any atom is -0.329 e. The molecule has 26 heavy (non-hydrogen) atoms. The fraction of sp³-hybridized carbons (Fsp3) is 0.250. The van der Waals surface area contributed by atoms with E-state index < -0.39 is 23.7 Å². The van der Waals surface area contributed by atoms with Crippen LogP contribution in [0, 0.1) is 5.92 Å². The molecule has 0 saturated heterocycles. The summed E-state index contributed by atoms with van der Waals surface area (Å²) in [7, 11) is 0. The van der Waals surface area contributed by atoms with Gasteiger partial charge >= 0.3 is 5.97 Å². The standard InChI is InChI=1S/C20H18ClNO4/c1-12(2)11-17(13-7-9-14(21)10-8-13)20(25)26-22-18(23)15-5-3-4-6-16(15)19(22)24/h3-10,12,17H,11H2,1-2H3. The Morgan fingerprint density at radius 2 is 1.54 bits per heavy atom. The monoisotopic (exact) mass is 371 g/mol. The summed E-state index contributed by atoms with van der Waals surface area (Å²) >= 11 is 5.92. The second-order valence-electron chi connectivity index (χ2n) is 6.59. The van der Waals surface area contributed by atoms with E-state index in [0.29, 0.717) is 16.5 Å². The van der Waals surface area contributed by atoms with Crippen molar-refractivity contribution < 1.29 is 19.2 Å². The number of hydrogen-bond donors (Lipinski definition) is 0. The number of carbonyl (C=O) groups is 3. The van der Waals surface area contributed by atoms with Gasteiger partial charge in [0.25, 0.3) is 11.8 Å². The number of hydrogen-bond acceptors (Lipinski definition) is 4. The van der Waals surface area contributed by atoms with Gasteiger partial charge in [0.15, 0.2) is 0 Å². The van der Waals surface area contributed by atoms with E-state index in [2.05, 4.69) is 0 Å². The lowest BCUT2D eigenvalue weighted by atomic mass is 9.90. The second-order valence-corrected chi connectivity index (χ2v) is 7.03. The zero-order valence-corrected chi connectivity index (χ0v) is 15.2. The predicted molar refractivity (Wildman–Crippen MR) is 96.7 cm³/mol. The maximum absolute atomic E-state index is 12.8. The van der Waals surface area contributed by atoms with E-state index in [-0.39, 0.29) is 17.0 Å². The highest BCUT2D eigenvalue weighted by Crippen LogP contribution is 2.29. The number of rotatable bonds is 5. The number of imide groups is 1. The van der Waals surface area contributed by atoms with Gasteiger partial charge in [0, 0.05) is 5.02 Å². The first-order valence-corrected chi connectivity index (χ1v) is 8.71. The number of halogens is 1. The van der Waals surface area contributed by atoms with Gasteiger partial charge in [-0.3, -0.25) is 9.59 Å². The van der Waals surface area contributed by atoms with Crippen molar-refractivity contribution in [2.75, 3.05) is 0 Å². The van der Waals surface area contributed by atoms with Crippen molar-refractivity contribution in [3.8, 4) is 0 Å². The third-order valence-corrected chi connectivity index (χ3v) is 4.45. The third-order valence-electron chi connectivity index (χ3n) is 4.20. The van der Waals surface area contributed by atoms with Crippen LogP contribution in [0.4, 0.5) is 0 Å². The Morgan fingerprint density at radius 3 is 2.04 bits per heavy atom. The first-order chi connectivity index (χ1) is 12.4. The molecular weight excluding hydrogens is 354 g/mol. The van der Waals surface area contributed by atoms with Crippen LogP contribution in [0.25, 0.3) is 0 Å². The van der Waals surface area contributed by atoms with E-state index >= 15 is 0 Å². The molecule has 6 heteroatoms. The van der Waals surface area contributed by atoms with Crippen LogP contribution in [-0.4, -0.2) is 22.8 Å². The summed E-state index contributed by atoms with van der Waals surface area (Å²) in [6.07, 6.45) is 0.517. The molecule has 1 heterocycles. The van der Waals surface area contributed by atoms with Crippen LogP contribution in [0.2, 0.25) is 5.02 Å². The second kappa shape index (κ2) is 7.30.